The minimum Gasteiger partial charge on any atom is -0.759 e. The summed E-state index contributed by atoms with van der Waals surface area (Å²) in [6.07, 6.45) is 0. The second-order valence-corrected chi connectivity index (χ2v) is 2.45. The molecule has 12 heteroatoms. The van der Waals surface area contributed by atoms with E-state index in [0.29, 0.717) is 0 Å². The molecule has 77 valence electrons. The van der Waals surface area contributed by atoms with Crippen LogP contribution in [-0.4, -0.2) is 35.0 Å². The molecular formula is CoFeO8S2. The maximum absolute atomic E-state index is 8.52. The van der Waals surface area contributed by atoms with Crippen LogP contribution in [0.1, 0.15) is 0 Å². The van der Waals surface area contributed by atoms with Gasteiger partial charge in [-0.3, -0.25) is 16.8 Å². The summed E-state index contributed by atoms with van der Waals surface area (Å²) in [6, 6.07) is 0. The van der Waals surface area contributed by atoms with Crippen LogP contribution >= 0.6 is 0 Å². The molecule has 0 aliphatic carbocycles. The first-order chi connectivity index (χ1) is 4.00. The van der Waals surface area contributed by atoms with Gasteiger partial charge in [0, 0.05) is 20.8 Å². The molecule has 0 unspecified atom stereocenters. The Balaban J connectivity index is -0.0000000457. The third-order valence-corrected chi connectivity index (χ3v) is 0. The third kappa shape index (κ3) is 1750. The van der Waals surface area contributed by atoms with E-state index in [2.05, 4.69) is 0 Å². The van der Waals surface area contributed by atoms with Crippen molar-refractivity contribution in [3.8, 4) is 0 Å². The predicted octanol–water partition coefficient (Wildman–Crippen LogP) is -2.68. The number of hydrogen-bond donors (Lipinski definition) is 0. The van der Waals surface area contributed by atoms with Crippen LogP contribution < -0.4 is 0 Å². The van der Waals surface area contributed by atoms with Gasteiger partial charge in [0.25, 0.3) is 0 Å². The average Bonchev–Trinajstić information content (AvgIpc) is 1.12. The third-order valence-electron chi connectivity index (χ3n) is 0. The van der Waals surface area contributed by atoms with Crippen LogP contribution in [-0.2, 0) is 54.6 Å². The van der Waals surface area contributed by atoms with E-state index in [1.165, 1.54) is 0 Å². The van der Waals surface area contributed by atoms with Crippen molar-refractivity contribution in [3.05, 3.63) is 0 Å². The minimum atomic E-state index is -5.17. The summed E-state index contributed by atoms with van der Waals surface area (Å²) in [6.45, 7) is 0. The Bertz CT molecular complexity index is 213. The molecule has 0 aromatic rings. The molecule has 0 aromatic heterocycles. The molecule has 0 N–H and O–H groups in total. The van der Waals surface area contributed by atoms with Crippen LogP contribution in [0.15, 0.2) is 0 Å². The molecule has 0 aromatic carbocycles. The second kappa shape index (κ2) is 8.37. The normalized spacial score (nSPS) is 9.67. The molecule has 8 nitrogen and oxygen atoms in total. The van der Waals surface area contributed by atoms with Crippen molar-refractivity contribution in [2.45, 2.75) is 0 Å². The first kappa shape index (κ1) is 23.0. The van der Waals surface area contributed by atoms with Gasteiger partial charge in [-0.1, -0.05) is 0 Å². The van der Waals surface area contributed by atoms with Crippen molar-refractivity contribution in [2.24, 2.45) is 0 Å². The monoisotopic (exact) mass is 307 g/mol. The molecule has 0 aliphatic rings. The van der Waals surface area contributed by atoms with Gasteiger partial charge in [-0.15, -0.1) is 0 Å². The van der Waals surface area contributed by atoms with E-state index in [1.807, 2.05) is 0 Å². The molecule has 0 saturated heterocycles. The van der Waals surface area contributed by atoms with Crippen LogP contribution in [0.25, 0.3) is 0 Å². The van der Waals surface area contributed by atoms with Crippen LogP contribution in [0.5, 0.6) is 0 Å². The molecular weight excluding hydrogens is 307 g/mol. The van der Waals surface area contributed by atoms with Crippen LogP contribution in [0.2, 0.25) is 0 Å². The zero-order valence-electron chi connectivity index (χ0n) is 4.77. The topological polar surface area (TPSA) is 161 Å². The predicted molar refractivity (Wildman–Crippen MR) is 20.9 cm³/mol. The van der Waals surface area contributed by atoms with E-state index >= 15 is 0 Å². The molecule has 0 heterocycles. The van der Waals surface area contributed by atoms with Crippen LogP contribution in [0.4, 0.5) is 0 Å². The fourth-order valence-corrected chi connectivity index (χ4v) is 0. The maximum atomic E-state index is 8.52. The van der Waals surface area contributed by atoms with Gasteiger partial charge in [-0.05, 0) is 0 Å². The largest absolute Gasteiger partial charge is 2.00 e. The SMILES string of the molecule is O=S(=O)([O-])[O-].O=S(=O)([O-])[O-].[Co+2].[Fe+2]. The molecule has 0 aliphatic heterocycles. The summed E-state index contributed by atoms with van der Waals surface area (Å²) in [7, 11) is -10.3. The van der Waals surface area contributed by atoms with Gasteiger partial charge in [0.2, 0.25) is 0 Å². The van der Waals surface area contributed by atoms with Crippen molar-refractivity contribution in [1.29, 1.82) is 0 Å². The first-order valence-corrected chi connectivity index (χ1v) is 4.00. The Morgan fingerprint density at radius 2 is 0.667 bits per heavy atom. The maximum Gasteiger partial charge on any atom is 2.00 e. The van der Waals surface area contributed by atoms with Gasteiger partial charge in [0.15, 0.2) is 0 Å². The Morgan fingerprint density at radius 3 is 0.667 bits per heavy atom. The van der Waals surface area contributed by atoms with E-state index in [-0.39, 0.29) is 33.8 Å². The summed E-state index contributed by atoms with van der Waals surface area (Å²) >= 11 is 0. The molecule has 0 rings (SSSR count). The van der Waals surface area contributed by atoms with Crippen LogP contribution in [0.3, 0.4) is 0 Å². The zero-order chi connectivity index (χ0) is 9.00. The smallest absolute Gasteiger partial charge is 0.759 e. The summed E-state index contributed by atoms with van der Waals surface area (Å²) < 4.78 is 68.2. The molecule has 0 amide bonds. The molecule has 12 heavy (non-hydrogen) atoms. The van der Waals surface area contributed by atoms with Crippen molar-refractivity contribution in [2.75, 3.05) is 0 Å². The molecule has 0 saturated carbocycles. The van der Waals surface area contributed by atoms with E-state index in [4.69, 9.17) is 35.0 Å². The second-order valence-electron chi connectivity index (χ2n) is 0.816. The quantitative estimate of drug-likeness (QED) is 0.265. The van der Waals surface area contributed by atoms with Gasteiger partial charge >= 0.3 is 33.8 Å². The van der Waals surface area contributed by atoms with Gasteiger partial charge in [0.1, 0.15) is 0 Å². The molecule has 0 bridgehead atoms. The fourth-order valence-electron chi connectivity index (χ4n) is 0. The van der Waals surface area contributed by atoms with Gasteiger partial charge in [0.05, 0.1) is 0 Å². The molecule has 0 fully saturated rings. The van der Waals surface area contributed by atoms with E-state index in [9.17, 15) is 0 Å². The summed E-state index contributed by atoms with van der Waals surface area (Å²) in [5.41, 5.74) is 0. The molecule has 0 atom stereocenters. The Morgan fingerprint density at radius 1 is 0.667 bits per heavy atom. The Labute approximate surface area is 89.6 Å². The first-order valence-electron chi connectivity index (χ1n) is 1.33. The van der Waals surface area contributed by atoms with E-state index in [0.717, 1.165) is 0 Å². The summed E-state index contributed by atoms with van der Waals surface area (Å²) in [5, 5.41) is 0. The minimum absolute atomic E-state index is 0. The van der Waals surface area contributed by atoms with E-state index < -0.39 is 20.8 Å². The fraction of sp³-hybridized carbons (Fsp3) is 0. The van der Waals surface area contributed by atoms with E-state index in [1.54, 1.807) is 0 Å². The van der Waals surface area contributed by atoms with Gasteiger partial charge in [-0.25, -0.2) is 0 Å². The van der Waals surface area contributed by atoms with Crippen molar-refractivity contribution in [3.63, 3.8) is 0 Å². The molecule has 1 radical (unpaired) electrons. The van der Waals surface area contributed by atoms with Crippen molar-refractivity contribution >= 4 is 20.8 Å². The van der Waals surface area contributed by atoms with Crippen LogP contribution in [0, 0.1) is 0 Å². The Hall–Kier alpha value is 0.766. The summed E-state index contributed by atoms with van der Waals surface area (Å²) in [5.74, 6) is 0. The molecule has 0 spiro atoms. The van der Waals surface area contributed by atoms with Gasteiger partial charge < -0.3 is 18.2 Å². The number of rotatable bonds is 0. The van der Waals surface area contributed by atoms with Crippen molar-refractivity contribution < 1.29 is 68.9 Å². The summed E-state index contributed by atoms with van der Waals surface area (Å²) in [4.78, 5) is 0. The average molecular weight is 307 g/mol. The number of hydrogen-bond acceptors (Lipinski definition) is 8. The Kier molecular flexibility index (Phi) is 16.0. The standard InChI is InChI=1S/Co.Fe.2H2O4S/c;;2*1-5(2,3)4/h;;2*(H2,1,2,3,4)/q2*+2;;/p-4. The zero-order valence-corrected chi connectivity index (χ0v) is 8.55. The van der Waals surface area contributed by atoms with Crippen molar-refractivity contribution in [1.82, 2.24) is 0 Å². The van der Waals surface area contributed by atoms with Gasteiger partial charge in [-0.2, -0.15) is 0 Å².